The number of carbonyl (C=O) groups excluding carboxylic acids is 2. The van der Waals surface area contributed by atoms with Crippen molar-refractivity contribution in [2.24, 2.45) is 0 Å². The van der Waals surface area contributed by atoms with Gasteiger partial charge in [-0.25, -0.2) is 8.42 Å². The summed E-state index contributed by atoms with van der Waals surface area (Å²) in [6.07, 6.45) is 0.191. The van der Waals surface area contributed by atoms with E-state index < -0.39 is 34.1 Å². The summed E-state index contributed by atoms with van der Waals surface area (Å²) < 4.78 is 29.1. The molecular formula is C34H35Cl2N3O4S. The van der Waals surface area contributed by atoms with Gasteiger partial charge < -0.3 is 10.2 Å². The van der Waals surface area contributed by atoms with E-state index in [0.717, 1.165) is 9.87 Å². The molecule has 4 rings (SSSR count). The molecule has 0 spiro atoms. The van der Waals surface area contributed by atoms with Crippen molar-refractivity contribution >= 4 is 50.7 Å². The second-order valence-corrected chi connectivity index (χ2v) is 14.0. The summed E-state index contributed by atoms with van der Waals surface area (Å²) in [6, 6.07) is 29.7. The number of amides is 2. The number of carbonyl (C=O) groups is 2. The van der Waals surface area contributed by atoms with Crippen LogP contribution in [0.4, 0.5) is 5.69 Å². The molecule has 1 atom stereocenters. The van der Waals surface area contributed by atoms with Gasteiger partial charge in [-0.3, -0.25) is 13.9 Å². The third-order valence-corrected chi connectivity index (χ3v) is 9.26. The molecule has 1 N–H and O–H groups in total. The molecule has 0 bridgehead atoms. The van der Waals surface area contributed by atoms with Crippen molar-refractivity contribution in [2.75, 3.05) is 10.8 Å². The number of halogens is 2. The van der Waals surface area contributed by atoms with Crippen LogP contribution >= 0.6 is 23.2 Å². The highest BCUT2D eigenvalue weighted by molar-refractivity contribution is 7.92. The zero-order chi connectivity index (χ0) is 31.9. The molecule has 4 aromatic rings. The molecule has 230 valence electrons. The van der Waals surface area contributed by atoms with Gasteiger partial charge in [0.05, 0.1) is 15.6 Å². The van der Waals surface area contributed by atoms with E-state index in [1.807, 2.05) is 51.1 Å². The SMILES string of the molecule is CC(C)(C)NC(=O)[C@H](Cc1ccccc1)N(Cc1ccccc1Cl)C(=O)CN(c1ccccc1Cl)S(=O)(=O)c1ccccc1. The number of benzene rings is 4. The topological polar surface area (TPSA) is 86.8 Å². The predicted octanol–water partition coefficient (Wildman–Crippen LogP) is 6.74. The van der Waals surface area contributed by atoms with Crippen molar-refractivity contribution in [1.29, 1.82) is 0 Å². The van der Waals surface area contributed by atoms with Gasteiger partial charge in [0.15, 0.2) is 0 Å². The Morgan fingerprint density at radius 3 is 1.91 bits per heavy atom. The Balaban J connectivity index is 1.83. The van der Waals surface area contributed by atoms with Gasteiger partial charge in [-0.1, -0.05) is 102 Å². The first-order valence-corrected chi connectivity index (χ1v) is 16.3. The fraction of sp³-hybridized carbons (Fsp3) is 0.235. The molecule has 0 fully saturated rings. The van der Waals surface area contributed by atoms with Gasteiger partial charge in [0.1, 0.15) is 12.6 Å². The van der Waals surface area contributed by atoms with Crippen molar-refractivity contribution in [2.45, 2.75) is 50.2 Å². The fourth-order valence-electron chi connectivity index (χ4n) is 4.70. The van der Waals surface area contributed by atoms with Crippen LogP contribution in [0.25, 0.3) is 0 Å². The Kier molecular flexibility index (Phi) is 10.7. The van der Waals surface area contributed by atoms with E-state index in [0.29, 0.717) is 10.6 Å². The van der Waals surface area contributed by atoms with E-state index in [2.05, 4.69) is 5.32 Å². The average molecular weight is 653 g/mol. The Morgan fingerprint density at radius 1 is 0.773 bits per heavy atom. The lowest BCUT2D eigenvalue weighted by Gasteiger charge is -2.35. The molecule has 0 aliphatic carbocycles. The molecule has 0 aromatic heterocycles. The Bertz CT molecular complexity index is 1690. The summed E-state index contributed by atoms with van der Waals surface area (Å²) in [5, 5.41) is 3.58. The van der Waals surface area contributed by atoms with E-state index in [1.54, 1.807) is 66.7 Å². The van der Waals surface area contributed by atoms with Gasteiger partial charge >= 0.3 is 0 Å². The van der Waals surface area contributed by atoms with Gasteiger partial charge in [-0.05, 0) is 62.2 Å². The van der Waals surface area contributed by atoms with E-state index in [4.69, 9.17) is 23.2 Å². The lowest BCUT2D eigenvalue weighted by Crippen LogP contribution is -2.56. The van der Waals surface area contributed by atoms with E-state index in [-0.39, 0.29) is 34.5 Å². The lowest BCUT2D eigenvalue weighted by molar-refractivity contribution is -0.140. The van der Waals surface area contributed by atoms with Crippen molar-refractivity contribution in [3.05, 3.63) is 130 Å². The summed E-state index contributed by atoms with van der Waals surface area (Å²) in [6.45, 7) is 4.93. The van der Waals surface area contributed by atoms with Crippen LogP contribution < -0.4 is 9.62 Å². The van der Waals surface area contributed by atoms with E-state index in [1.165, 1.54) is 17.0 Å². The number of sulfonamides is 1. The van der Waals surface area contributed by atoms with Crippen LogP contribution in [-0.2, 0) is 32.6 Å². The fourth-order valence-corrected chi connectivity index (χ4v) is 6.64. The third kappa shape index (κ3) is 8.40. The number of hydrogen-bond donors (Lipinski definition) is 1. The molecule has 0 radical (unpaired) electrons. The van der Waals surface area contributed by atoms with Crippen molar-refractivity contribution in [3.8, 4) is 0 Å². The Hall–Kier alpha value is -3.85. The minimum absolute atomic E-state index is 0.00307. The number of hydrogen-bond acceptors (Lipinski definition) is 4. The maximum atomic E-state index is 14.5. The highest BCUT2D eigenvalue weighted by Gasteiger charge is 2.36. The molecule has 0 heterocycles. The number of nitrogens with one attached hydrogen (secondary N) is 1. The quantitative estimate of drug-likeness (QED) is 0.194. The molecular weight excluding hydrogens is 617 g/mol. The molecule has 0 saturated carbocycles. The van der Waals surface area contributed by atoms with Crippen molar-refractivity contribution < 1.29 is 18.0 Å². The molecule has 0 saturated heterocycles. The van der Waals surface area contributed by atoms with Gasteiger partial charge in [0.2, 0.25) is 11.8 Å². The van der Waals surface area contributed by atoms with Crippen molar-refractivity contribution in [1.82, 2.24) is 10.2 Å². The molecule has 44 heavy (non-hydrogen) atoms. The summed E-state index contributed by atoms with van der Waals surface area (Å²) in [4.78, 5) is 29.8. The van der Waals surface area contributed by atoms with Gasteiger partial charge in [0.25, 0.3) is 10.0 Å². The van der Waals surface area contributed by atoms with Crippen LogP contribution in [0, 0.1) is 0 Å². The van der Waals surface area contributed by atoms with Crippen LogP contribution in [0.3, 0.4) is 0 Å². The predicted molar refractivity (Wildman–Crippen MR) is 176 cm³/mol. The van der Waals surface area contributed by atoms with Gasteiger partial charge in [0, 0.05) is 23.5 Å². The number of rotatable bonds is 11. The standard InChI is InChI=1S/C34H35Cl2N3O4S/c1-34(2,3)37-33(41)31(22-25-14-6-4-7-15-25)38(23-26-16-10-11-19-28(26)35)32(40)24-39(30-21-13-12-20-29(30)36)44(42,43)27-17-8-5-9-18-27/h4-21,31H,22-24H2,1-3H3,(H,37,41)/t31-/m0/s1. The monoisotopic (exact) mass is 651 g/mol. The summed E-state index contributed by atoms with van der Waals surface area (Å²) in [5.41, 5.74) is 0.992. The third-order valence-electron chi connectivity index (χ3n) is 6.80. The lowest BCUT2D eigenvalue weighted by atomic mass is 10.0. The molecule has 0 unspecified atom stereocenters. The second kappa shape index (κ2) is 14.3. The molecule has 0 aliphatic rings. The molecule has 0 aliphatic heterocycles. The first-order valence-electron chi connectivity index (χ1n) is 14.1. The average Bonchev–Trinajstić information content (AvgIpc) is 2.99. The van der Waals surface area contributed by atoms with Crippen LogP contribution in [0.5, 0.6) is 0 Å². The van der Waals surface area contributed by atoms with Crippen LogP contribution in [0.1, 0.15) is 31.9 Å². The first kappa shape index (κ1) is 33.1. The summed E-state index contributed by atoms with van der Waals surface area (Å²) in [7, 11) is -4.25. The largest absolute Gasteiger partial charge is 0.350 e. The van der Waals surface area contributed by atoms with Gasteiger partial charge in [-0.15, -0.1) is 0 Å². The second-order valence-electron chi connectivity index (χ2n) is 11.3. The molecule has 2 amide bonds. The minimum atomic E-state index is -4.25. The minimum Gasteiger partial charge on any atom is -0.350 e. The Morgan fingerprint density at radius 2 is 1.32 bits per heavy atom. The maximum absolute atomic E-state index is 14.5. The maximum Gasteiger partial charge on any atom is 0.264 e. The highest BCUT2D eigenvalue weighted by Crippen LogP contribution is 2.31. The number of anilines is 1. The zero-order valence-corrected chi connectivity index (χ0v) is 27.1. The smallest absolute Gasteiger partial charge is 0.264 e. The summed E-state index contributed by atoms with van der Waals surface area (Å²) >= 11 is 13.0. The van der Waals surface area contributed by atoms with E-state index >= 15 is 0 Å². The normalized spacial score (nSPS) is 12.3. The van der Waals surface area contributed by atoms with Crippen LogP contribution in [0.15, 0.2) is 114 Å². The van der Waals surface area contributed by atoms with Gasteiger partial charge in [-0.2, -0.15) is 0 Å². The van der Waals surface area contributed by atoms with Crippen molar-refractivity contribution in [3.63, 3.8) is 0 Å². The summed E-state index contributed by atoms with van der Waals surface area (Å²) in [5.74, 6) is -0.980. The van der Waals surface area contributed by atoms with Crippen LogP contribution in [0.2, 0.25) is 10.0 Å². The number of nitrogens with zero attached hydrogens (tertiary/aromatic N) is 2. The number of para-hydroxylation sites is 1. The first-order chi connectivity index (χ1) is 20.9. The molecule has 4 aromatic carbocycles. The molecule has 10 heteroatoms. The Labute approximate surface area is 269 Å². The van der Waals surface area contributed by atoms with Crippen LogP contribution in [-0.4, -0.2) is 43.3 Å². The zero-order valence-electron chi connectivity index (χ0n) is 24.8. The molecule has 7 nitrogen and oxygen atoms in total. The van der Waals surface area contributed by atoms with E-state index in [9.17, 15) is 18.0 Å². The highest BCUT2D eigenvalue weighted by atomic mass is 35.5.